The van der Waals surface area contributed by atoms with Crippen molar-refractivity contribution in [3.05, 3.63) is 0 Å². The van der Waals surface area contributed by atoms with Crippen LogP contribution >= 0.6 is 0 Å². The summed E-state index contributed by atoms with van der Waals surface area (Å²) in [6.07, 6.45) is -0.705. The molecular weight excluding hydrogens is 218 g/mol. The van der Waals surface area contributed by atoms with Crippen molar-refractivity contribution in [1.82, 2.24) is 4.90 Å². The summed E-state index contributed by atoms with van der Waals surface area (Å²) in [5.41, 5.74) is 4.57. The van der Waals surface area contributed by atoms with E-state index >= 15 is 0 Å². The molecule has 1 aliphatic heterocycles. The van der Waals surface area contributed by atoms with Gasteiger partial charge in [-0.25, -0.2) is 13.6 Å². The van der Waals surface area contributed by atoms with Crippen molar-refractivity contribution < 1.29 is 18.3 Å². The molecule has 0 radical (unpaired) electrons. The maximum Gasteiger partial charge on any atom is 0.410 e. The van der Waals surface area contributed by atoms with Gasteiger partial charge in [-0.2, -0.15) is 0 Å². The van der Waals surface area contributed by atoms with Gasteiger partial charge in [0, 0.05) is 13.1 Å². The summed E-state index contributed by atoms with van der Waals surface area (Å²) < 4.78 is 31.7. The van der Waals surface area contributed by atoms with Crippen LogP contribution in [0.4, 0.5) is 13.6 Å². The first-order chi connectivity index (χ1) is 7.15. The topological polar surface area (TPSA) is 55.6 Å². The molecule has 0 spiro atoms. The summed E-state index contributed by atoms with van der Waals surface area (Å²) in [6, 6.07) is 0. The van der Waals surface area contributed by atoms with Gasteiger partial charge in [-0.1, -0.05) is 0 Å². The first-order valence-electron chi connectivity index (χ1n) is 5.21. The SMILES string of the molecule is CC(C)(C)OC(=O)N1CC(CN)C(F)(F)C1. The van der Waals surface area contributed by atoms with Crippen molar-refractivity contribution in [3.63, 3.8) is 0 Å². The lowest BCUT2D eigenvalue weighted by atomic mass is 10.1. The normalized spacial score (nSPS) is 24.6. The quantitative estimate of drug-likeness (QED) is 0.749. The first-order valence-corrected chi connectivity index (χ1v) is 5.21. The van der Waals surface area contributed by atoms with Crippen molar-refractivity contribution in [1.29, 1.82) is 0 Å². The highest BCUT2D eigenvalue weighted by Gasteiger charge is 2.49. The fraction of sp³-hybridized carbons (Fsp3) is 0.900. The van der Waals surface area contributed by atoms with Crippen LogP contribution < -0.4 is 5.73 Å². The summed E-state index contributed by atoms with van der Waals surface area (Å²) in [5.74, 6) is -3.88. The lowest BCUT2D eigenvalue weighted by Crippen LogP contribution is -2.36. The van der Waals surface area contributed by atoms with E-state index in [2.05, 4.69) is 0 Å². The van der Waals surface area contributed by atoms with Gasteiger partial charge in [-0.15, -0.1) is 0 Å². The number of carbonyl (C=O) groups excluding carboxylic acids is 1. The lowest BCUT2D eigenvalue weighted by molar-refractivity contribution is -0.0271. The molecule has 1 amide bonds. The molecule has 0 saturated carbocycles. The van der Waals surface area contributed by atoms with E-state index in [1.165, 1.54) is 0 Å². The summed E-state index contributed by atoms with van der Waals surface area (Å²) in [5, 5.41) is 0. The molecule has 4 nitrogen and oxygen atoms in total. The molecule has 1 atom stereocenters. The van der Waals surface area contributed by atoms with Gasteiger partial charge in [0.05, 0.1) is 12.5 Å². The third-order valence-corrected chi connectivity index (χ3v) is 2.38. The molecule has 1 fully saturated rings. The number of hydrogen-bond acceptors (Lipinski definition) is 3. The molecule has 2 N–H and O–H groups in total. The standard InChI is InChI=1S/C10H18F2N2O2/c1-9(2,3)16-8(15)14-5-7(4-13)10(11,12)6-14/h7H,4-6,13H2,1-3H3. The zero-order valence-electron chi connectivity index (χ0n) is 9.80. The fourth-order valence-electron chi connectivity index (χ4n) is 1.56. The number of carbonyl (C=O) groups is 1. The molecule has 1 heterocycles. The maximum atomic E-state index is 13.3. The Hall–Kier alpha value is -0.910. The number of nitrogens with zero attached hydrogens (tertiary/aromatic N) is 1. The van der Waals surface area contributed by atoms with Gasteiger partial charge < -0.3 is 15.4 Å². The van der Waals surface area contributed by atoms with Gasteiger partial charge in [-0.05, 0) is 20.8 Å². The summed E-state index contributed by atoms with van der Waals surface area (Å²) in [7, 11) is 0. The number of hydrogen-bond donors (Lipinski definition) is 1. The van der Waals surface area contributed by atoms with Crippen LogP contribution in [0, 0.1) is 5.92 Å². The van der Waals surface area contributed by atoms with Crippen LogP contribution in [0.2, 0.25) is 0 Å². The van der Waals surface area contributed by atoms with Crippen molar-refractivity contribution in [2.24, 2.45) is 11.7 Å². The number of nitrogens with two attached hydrogens (primary N) is 1. The van der Waals surface area contributed by atoms with Crippen molar-refractivity contribution in [3.8, 4) is 0 Å². The third-order valence-electron chi connectivity index (χ3n) is 2.38. The van der Waals surface area contributed by atoms with E-state index in [4.69, 9.17) is 10.5 Å². The van der Waals surface area contributed by atoms with E-state index in [1.54, 1.807) is 20.8 Å². The molecule has 94 valence electrons. The second-order valence-electron chi connectivity index (χ2n) is 5.05. The van der Waals surface area contributed by atoms with Gasteiger partial charge in [-0.3, -0.25) is 0 Å². The highest BCUT2D eigenvalue weighted by atomic mass is 19.3. The first kappa shape index (κ1) is 13.2. The zero-order chi connectivity index (χ0) is 12.6. The third kappa shape index (κ3) is 3.04. The Bertz CT molecular complexity index is 276. The average molecular weight is 236 g/mol. The van der Waals surface area contributed by atoms with Crippen LogP contribution in [-0.2, 0) is 4.74 Å². The highest BCUT2D eigenvalue weighted by molar-refractivity contribution is 5.68. The number of rotatable bonds is 1. The number of alkyl halides is 2. The van der Waals surface area contributed by atoms with Gasteiger partial charge in [0.15, 0.2) is 0 Å². The van der Waals surface area contributed by atoms with Crippen LogP contribution in [0.15, 0.2) is 0 Å². The molecule has 1 aliphatic rings. The Morgan fingerprint density at radius 1 is 1.56 bits per heavy atom. The minimum absolute atomic E-state index is 0.0432. The average Bonchev–Trinajstić information content (AvgIpc) is 2.37. The van der Waals surface area contributed by atoms with Crippen LogP contribution in [0.1, 0.15) is 20.8 Å². The monoisotopic (exact) mass is 236 g/mol. The number of ether oxygens (including phenoxy) is 1. The van der Waals surface area contributed by atoms with E-state index in [0.717, 1.165) is 4.90 Å². The molecule has 1 rings (SSSR count). The van der Waals surface area contributed by atoms with Gasteiger partial charge in [0.1, 0.15) is 5.60 Å². The second-order valence-corrected chi connectivity index (χ2v) is 5.05. The smallest absolute Gasteiger partial charge is 0.410 e. The number of likely N-dealkylation sites (tertiary alicyclic amines) is 1. The Morgan fingerprint density at radius 3 is 2.50 bits per heavy atom. The summed E-state index contributed by atoms with van der Waals surface area (Å²) in [4.78, 5) is 12.6. The Balaban J connectivity index is 2.62. The molecule has 0 bridgehead atoms. The van der Waals surface area contributed by atoms with Crippen LogP contribution in [0.25, 0.3) is 0 Å². The highest BCUT2D eigenvalue weighted by Crippen LogP contribution is 2.33. The largest absolute Gasteiger partial charge is 0.444 e. The van der Waals surface area contributed by atoms with E-state index < -0.39 is 30.1 Å². The van der Waals surface area contributed by atoms with E-state index in [9.17, 15) is 13.6 Å². The Labute approximate surface area is 93.7 Å². The van der Waals surface area contributed by atoms with Crippen LogP contribution in [-0.4, -0.2) is 42.2 Å². The van der Waals surface area contributed by atoms with Crippen molar-refractivity contribution >= 4 is 6.09 Å². The molecule has 1 unspecified atom stereocenters. The van der Waals surface area contributed by atoms with Crippen LogP contribution in [0.5, 0.6) is 0 Å². The van der Waals surface area contributed by atoms with Gasteiger partial charge in [0.25, 0.3) is 5.92 Å². The lowest BCUT2D eigenvalue weighted by Gasteiger charge is -2.24. The second kappa shape index (κ2) is 4.16. The van der Waals surface area contributed by atoms with Gasteiger partial charge in [0.2, 0.25) is 0 Å². The van der Waals surface area contributed by atoms with E-state index in [-0.39, 0.29) is 13.1 Å². The van der Waals surface area contributed by atoms with Crippen molar-refractivity contribution in [2.45, 2.75) is 32.3 Å². The maximum absolute atomic E-state index is 13.3. The van der Waals surface area contributed by atoms with Gasteiger partial charge >= 0.3 is 6.09 Å². The Morgan fingerprint density at radius 2 is 2.12 bits per heavy atom. The molecule has 0 aromatic carbocycles. The number of amides is 1. The van der Waals surface area contributed by atoms with Crippen LogP contribution in [0.3, 0.4) is 0 Å². The molecule has 6 heteroatoms. The predicted octanol–water partition coefficient (Wildman–Crippen LogP) is 1.45. The molecule has 1 saturated heterocycles. The number of halogens is 2. The zero-order valence-corrected chi connectivity index (χ0v) is 9.80. The summed E-state index contributed by atoms with van der Waals surface area (Å²) >= 11 is 0. The van der Waals surface area contributed by atoms with Crippen molar-refractivity contribution in [2.75, 3.05) is 19.6 Å². The predicted molar refractivity (Wildman–Crippen MR) is 55.3 cm³/mol. The molecule has 0 aliphatic carbocycles. The minimum atomic E-state index is -2.91. The Kier molecular flexibility index (Phi) is 3.42. The van der Waals surface area contributed by atoms with E-state index in [1.807, 2.05) is 0 Å². The fourth-order valence-corrected chi connectivity index (χ4v) is 1.56. The molecule has 16 heavy (non-hydrogen) atoms. The van der Waals surface area contributed by atoms with E-state index in [0.29, 0.717) is 0 Å². The minimum Gasteiger partial charge on any atom is -0.444 e. The molecule has 0 aromatic heterocycles. The molecular formula is C10H18F2N2O2. The summed E-state index contributed by atoms with van der Waals surface area (Å²) in [6.45, 7) is 4.30. The molecule has 0 aromatic rings.